The zero-order valence-electron chi connectivity index (χ0n) is 12.4. The predicted molar refractivity (Wildman–Crippen MR) is 83.0 cm³/mol. The molecule has 0 amide bonds. The van der Waals surface area contributed by atoms with E-state index in [1.165, 1.54) is 7.11 Å². The first-order chi connectivity index (χ1) is 10.1. The summed E-state index contributed by atoms with van der Waals surface area (Å²) in [6.45, 7) is 1.75. The number of nitrogens with one attached hydrogen (secondary N) is 2. The van der Waals surface area contributed by atoms with Crippen LogP contribution in [0.5, 0.6) is 0 Å². The highest BCUT2D eigenvalue weighted by Gasteiger charge is 2.27. The van der Waals surface area contributed by atoms with Gasteiger partial charge in [0.05, 0.1) is 13.4 Å². The van der Waals surface area contributed by atoms with Gasteiger partial charge in [-0.2, -0.15) is 0 Å². The van der Waals surface area contributed by atoms with Gasteiger partial charge in [0.2, 0.25) is 20.0 Å². The van der Waals surface area contributed by atoms with E-state index in [1.807, 2.05) is 0 Å². The fraction of sp³-hybridized carbons (Fsp3) is 0.545. The van der Waals surface area contributed by atoms with Gasteiger partial charge >= 0.3 is 5.97 Å². The lowest BCUT2D eigenvalue weighted by atomic mass is 10.3. The van der Waals surface area contributed by atoms with Crippen LogP contribution in [-0.4, -0.2) is 49.3 Å². The summed E-state index contributed by atoms with van der Waals surface area (Å²) in [5, 5.41) is 1.56. The number of esters is 1. The first kappa shape index (κ1) is 19.0. The van der Waals surface area contributed by atoms with Gasteiger partial charge < -0.3 is 4.74 Å². The Kier molecular flexibility index (Phi) is 6.50. The molecule has 0 bridgehead atoms. The predicted octanol–water partition coefficient (Wildman–Crippen LogP) is 0.0607. The Morgan fingerprint density at radius 3 is 2.36 bits per heavy atom. The molecule has 0 fully saturated rings. The molecule has 1 rings (SSSR count). The fourth-order valence-electron chi connectivity index (χ4n) is 1.63. The van der Waals surface area contributed by atoms with E-state index in [-0.39, 0.29) is 29.3 Å². The van der Waals surface area contributed by atoms with Crippen molar-refractivity contribution in [3.63, 3.8) is 0 Å². The van der Waals surface area contributed by atoms with Gasteiger partial charge in [-0.3, -0.25) is 0 Å². The van der Waals surface area contributed by atoms with Gasteiger partial charge in [0, 0.05) is 13.1 Å². The third-order valence-corrected chi connectivity index (χ3v) is 6.15. The molecular weight excluding hydrogens is 352 g/mol. The summed E-state index contributed by atoms with van der Waals surface area (Å²) in [5.74, 6) is -0.711. The van der Waals surface area contributed by atoms with Gasteiger partial charge in [-0.25, -0.2) is 31.1 Å². The van der Waals surface area contributed by atoms with Crippen LogP contribution in [0.1, 0.15) is 21.7 Å². The molecule has 0 saturated heterocycles. The lowest BCUT2D eigenvalue weighted by Crippen LogP contribution is -2.30. The molecule has 1 aromatic heterocycles. The highest BCUT2D eigenvalue weighted by atomic mass is 32.2. The summed E-state index contributed by atoms with van der Waals surface area (Å²) in [7, 11) is -5.99. The Labute approximate surface area is 134 Å². The van der Waals surface area contributed by atoms with Crippen LogP contribution in [0.4, 0.5) is 0 Å². The lowest BCUT2D eigenvalue weighted by molar-refractivity contribution is 0.0602. The van der Waals surface area contributed by atoms with Gasteiger partial charge in [-0.1, -0.05) is 0 Å². The maximum atomic E-state index is 12.3. The first-order valence-corrected chi connectivity index (χ1v) is 10.4. The summed E-state index contributed by atoms with van der Waals surface area (Å²) in [6, 6.07) is 0. The van der Waals surface area contributed by atoms with E-state index in [0.29, 0.717) is 5.56 Å². The highest BCUT2D eigenvalue weighted by molar-refractivity contribution is 7.89. The summed E-state index contributed by atoms with van der Waals surface area (Å²) in [6.07, 6.45) is 1.30. The number of ether oxygens (including phenoxy) is 1. The van der Waals surface area contributed by atoms with Crippen LogP contribution in [-0.2, 0) is 24.8 Å². The van der Waals surface area contributed by atoms with Crippen LogP contribution in [0.2, 0.25) is 0 Å². The van der Waals surface area contributed by atoms with Crippen LogP contribution in [0.15, 0.2) is 10.3 Å². The van der Waals surface area contributed by atoms with Gasteiger partial charge in [-0.15, -0.1) is 11.3 Å². The maximum absolute atomic E-state index is 12.3. The number of hydrogen-bond donors (Lipinski definition) is 2. The van der Waals surface area contributed by atoms with E-state index in [2.05, 4.69) is 14.2 Å². The summed E-state index contributed by atoms with van der Waals surface area (Å²) < 4.78 is 55.5. The molecule has 0 radical (unpaired) electrons. The number of carbonyl (C=O) groups is 1. The number of carbonyl (C=O) groups excluding carboxylic acids is 1. The molecule has 11 heteroatoms. The van der Waals surface area contributed by atoms with Gasteiger partial charge in [0.15, 0.2) is 0 Å². The second-order valence-corrected chi connectivity index (χ2v) is 8.90. The highest BCUT2D eigenvalue weighted by Crippen LogP contribution is 2.27. The molecular formula is C11H18N2O6S3. The summed E-state index contributed by atoms with van der Waals surface area (Å²) in [4.78, 5) is 11.5. The number of rotatable bonds is 8. The van der Waals surface area contributed by atoms with E-state index in [9.17, 15) is 21.6 Å². The quantitative estimate of drug-likeness (QED) is 0.493. The van der Waals surface area contributed by atoms with Gasteiger partial charge in [0.1, 0.15) is 9.77 Å². The SMILES string of the molecule is COC(=O)c1scc(C)c1S(=O)(=O)NCCCNS(C)(=O)=O. The van der Waals surface area contributed by atoms with Crippen molar-refractivity contribution in [3.8, 4) is 0 Å². The number of hydrogen-bond acceptors (Lipinski definition) is 7. The molecule has 0 aliphatic rings. The van der Waals surface area contributed by atoms with Crippen molar-refractivity contribution < 1.29 is 26.4 Å². The molecule has 0 aromatic carbocycles. The van der Waals surface area contributed by atoms with Gasteiger partial charge in [-0.05, 0) is 24.3 Å². The molecule has 8 nitrogen and oxygen atoms in total. The fourth-order valence-corrected chi connectivity index (χ4v) is 4.92. The smallest absolute Gasteiger partial charge is 0.349 e. The number of methoxy groups -OCH3 is 1. The molecule has 0 spiro atoms. The molecule has 2 N–H and O–H groups in total. The molecule has 0 unspecified atom stereocenters. The number of aryl methyl sites for hydroxylation is 1. The summed E-state index contributed by atoms with van der Waals surface area (Å²) >= 11 is 0.997. The minimum absolute atomic E-state index is 0.0155. The molecule has 1 aromatic rings. The topological polar surface area (TPSA) is 119 Å². The molecule has 0 saturated carbocycles. The zero-order valence-corrected chi connectivity index (χ0v) is 14.8. The van der Waals surface area contributed by atoms with Crippen LogP contribution >= 0.6 is 11.3 Å². The standard InChI is InChI=1S/C11H18N2O6S3/c1-8-7-20-9(11(14)19-2)10(8)22(17,18)13-6-4-5-12-21(3,15)16/h7,12-13H,4-6H2,1-3H3. The number of thiophene rings is 1. The van der Waals surface area contributed by atoms with Crippen LogP contribution in [0.3, 0.4) is 0 Å². The molecule has 126 valence electrons. The van der Waals surface area contributed by atoms with Crippen molar-refractivity contribution in [1.29, 1.82) is 0 Å². The zero-order chi connectivity index (χ0) is 17.0. The molecule has 0 atom stereocenters. The minimum atomic E-state index is -3.87. The maximum Gasteiger partial charge on any atom is 0.349 e. The molecule has 1 heterocycles. The van der Waals surface area contributed by atoms with Crippen molar-refractivity contribution >= 4 is 37.4 Å². The van der Waals surface area contributed by atoms with E-state index in [0.717, 1.165) is 17.6 Å². The Bertz CT molecular complexity index is 736. The average Bonchev–Trinajstić information content (AvgIpc) is 2.78. The van der Waals surface area contributed by atoms with E-state index in [1.54, 1.807) is 12.3 Å². The van der Waals surface area contributed by atoms with Crippen molar-refractivity contribution in [1.82, 2.24) is 9.44 Å². The van der Waals surface area contributed by atoms with Gasteiger partial charge in [0.25, 0.3) is 0 Å². The van der Waals surface area contributed by atoms with Crippen molar-refractivity contribution in [2.75, 3.05) is 26.5 Å². The summed E-state index contributed by atoms with van der Waals surface area (Å²) in [5.41, 5.74) is 0.451. The Morgan fingerprint density at radius 1 is 1.23 bits per heavy atom. The second kappa shape index (κ2) is 7.51. The lowest BCUT2D eigenvalue weighted by Gasteiger charge is -2.08. The molecule has 22 heavy (non-hydrogen) atoms. The third kappa shape index (κ3) is 5.32. The first-order valence-electron chi connectivity index (χ1n) is 6.19. The van der Waals surface area contributed by atoms with E-state index in [4.69, 9.17) is 0 Å². The van der Waals surface area contributed by atoms with Crippen molar-refractivity contribution in [2.24, 2.45) is 0 Å². The largest absolute Gasteiger partial charge is 0.465 e. The Balaban J connectivity index is 2.75. The Morgan fingerprint density at radius 2 is 1.82 bits per heavy atom. The third-order valence-electron chi connectivity index (χ3n) is 2.57. The van der Waals surface area contributed by atoms with E-state index >= 15 is 0 Å². The average molecular weight is 370 g/mol. The normalized spacial score (nSPS) is 12.3. The Hall–Kier alpha value is -1.01. The molecule has 0 aliphatic carbocycles. The van der Waals surface area contributed by atoms with Crippen molar-refractivity contribution in [2.45, 2.75) is 18.2 Å². The van der Waals surface area contributed by atoms with Crippen LogP contribution < -0.4 is 9.44 Å². The minimum Gasteiger partial charge on any atom is -0.465 e. The van der Waals surface area contributed by atoms with Crippen molar-refractivity contribution in [3.05, 3.63) is 15.8 Å². The van der Waals surface area contributed by atoms with E-state index < -0.39 is 26.0 Å². The van der Waals surface area contributed by atoms with Crippen LogP contribution in [0, 0.1) is 6.92 Å². The molecule has 0 aliphatic heterocycles. The number of sulfonamides is 2. The second-order valence-electron chi connectivity index (χ2n) is 4.49. The van der Waals surface area contributed by atoms with Crippen LogP contribution in [0.25, 0.3) is 0 Å². The monoisotopic (exact) mass is 370 g/mol.